The monoisotopic (exact) mass is 354 g/mol. The Morgan fingerprint density at radius 3 is 2.65 bits per heavy atom. The van der Waals surface area contributed by atoms with Gasteiger partial charge in [0.1, 0.15) is 0 Å². The molecule has 0 aromatic rings. The zero-order valence-electron chi connectivity index (χ0n) is 10.5. The number of hydrogen-bond donors (Lipinski definition) is 1. The van der Waals surface area contributed by atoms with Crippen LogP contribution in [0.5, 0.6) is 0 Å². The third kappa shape index (κ3) is 4.26. The Bertz CT molecular complexity index is 256. The smallest absolute Gasteiger partial charge is 0.191 e. The van der Waals surface area contributed by atoms with Gasteiger partial charge in [-0.1, -0.05) is 0 Å². The highest BCUT2D eigenvalue weighted by Crippen LogP contribution is 2.14. The number of likely N-dealkylation sites (N-methyl/N-ethyl adjacent to an activating group) is 1. The summed E-state index contributed by atoms with van der Waals surface area (Å²) in [6, 6.07) is 0.583. The van der Waals surface area contributed by atoms with Crippen LogP contribution in [0.3, 0.4) is 0 Å². The van der Waals surface area contributed by atoms with E-state index in [1.807, 2.05) is 0 Å². The summed E-state index contributed by atoms with van der Waals surface area (Å²) in [5.74, 6) is 0.684. The number of guanidine groups is 1. The van der Waals surface area contributed by atoms with Gasteiger partial charge in [0.25, 0.3) is 0 Å². The van der Waals surface area contributed by atoms with Gasteiger partial charge >= 0.3 is 0 Å². The van der Waals surface area contributed by atoms with Gasteiger partial charge in [-0.15, -0.1) is 24.0 Å². The first-order valence-corrected chi connectivity index (χ1v) is 6.10. The molecule has 100 valence electrons. The summed E-state index contributed by atoms with van der Waals surface area (Å²) in [7, 11) is 2.16. The molecule has 2 heterocycles. The third-order valence-corrected chi connectivity index (χ3v) is 3.47. The molecule has 2 rings (SSSR count). The van der Waals surface area contributed by atoms with Crippen LogP contribution in [0.15, 0.2) is 4.99 Å². The van der Waals surface area contributed by atoms with Crippen molar-refractivity contribution in [1.29, 1.82) is 0 Å². The van der Waals surface area contributed by atoms with Gasteiger partial charge in [0, 0.05) is 19.1 Å². The van der Waals surface area contributed by atoms with E-state index in [1.54, 1.807) is 0 Å². The van der Waals surface area contributed by atoms with Gasteiger partial charge in [0.2, 0.25) is 0 Å². The van der Waals surface area contributed by atoms with E-state index >= 15 is 0 Å². The fourth-order valence-electron chi connectivity index (χ4n) is 2.30. The van der Waals surface area contributed by atoms with Crippen LogP contribution in [-0.2, 0) is 4.74 Å². The maximum atomic E-state index is 5.97. The minimum atomic E-state index is 0. The average molecular weight is 354 g/mol. The van der Waals surface area contributed by atoms with Gasteiger partial charge in [-0.3, -0.25) is 4.99 Å². The average Bonchev–Trinajstić information content (AvgIpc) is 2.73. The largest absolute Gasteiger partial charge is 0.378 e. The molecule has 2 saturated heterocycles. The predicted molar refractivity (Wildman–Crippen MR) is 79.9 cm³/mol. The number of nitrogens with two attached hydrogens (primary N) is 1. The number of nitrogens with zero attached hydrogens (tertiary/aromatic N) is 3. The number of aliphatic imine (C=N–C) groups is 1. The minimum Gasteiger partial charge on any atom is -0.378 e. The molecule has 5 nitrogen and oxygen atoms in total. The number of likely N-dealkylation sites (tertiary alicyclic amines) is 1. The molecule has 0 radical (unpaired) electrons. The van der Waals surface area contributed by atoms with Crippen molar-refractivity contribution in [3.8, 4) is 0 Å². The lowest BCUT2D eigenvalue weighted by Crippen LogP contribution is -2.45. The van der Waals surface area contributed by atoms with E-state index in [0.29, 0.717) is 12.0 Å². The molecule has 0 saturated carbocycles. The number of morpholine rings is 1. The molecule has 0 amide bonds. The van der Waals surface area contributed by atoms with Crippen molar-refractivity contribution in [3.05, 3.63) is 0 Å². The molecule has 2 N–H and O–H groups in total. The maximum absolute atomic E-state index is 5.97. The summed E-state index contributed by atoms with van der Waals surface area (Å²) >= 11 is 0. The van der Waals surface area contributed by atoms with E-state index in [0.717, 1.165) is 32.8 Å². The molecule has 17 heavy (non-hydrogen) atoms. The molecule has 0 bridgehead atoms. The molecule has 2 aliphatic heterocycles. The fourth-order valence-corrected chi connectivity index (χ4v) is 2.30. The number of hydrogen-bond acceptors (Lipinski definition) is 3. The summed E-state index contributed by atoms with van der Waals surface area (Å²) in [5, 5.41) is 0. The Morgan fingerprint density at radius 2 is 2.06 bits per heavy atom. The second-order valence-corrected chi connectivity index (χ2v) is 4.57. The molecule has 6 heteroatoms. The van der Waals surface area contributed by atoms with Crippen LogP contribution in [0, 0.1) is 0 Å². The van der Waals surface area contributed by atoms with E-state index in [9.17, 15) is 0 Å². The van der Waals surface area contributed by atoms with Crippen molar-refractivity contribution in [2.45, 2.75) is 18.9 Å². The van der Waals surface area contributed by atoms with Crippen LogP contribution >= 0.6 is 24.0 Å². The summed E-state index contributed by atoms with van der Waals surface area (Å²) < 4.78 is 5.28. The van der Waals surface area contributed by atoms with Gasteiger partial charge in [0.15, 0.2) is 5.96 Å². The summed E-state index contributed by atoms with van der Waals surface area (Å²) in [4.78, 5) is 8.98. The minimum absolute atomic E-state index is 0. The third-order valence-electron chi connectivity index (χ3n) is 3.47. The van der Waals surface area contributed by atoms with E-state index < -0.39 is 0 Å². The second-order valence-electron chi connectivity index (χ2n) is 4.57. The molecule has 2 aliphatic rings. The van der Waals surface area contributed by atoms with Crippen LogP contribution in [0.1, 0.15) is 12.8 Å². The molecule has 1 atom stereocenters. The lowest BCUT2D eigenvalue weighted by molar-refractivity contribution is 0.0673. The van der Waals surface area contributed by atoms with Crippen LogP contribution in [0.4, 0.5) is 0 Å². The van der Waals surface area contributed by atoms with Crippen LogP contribution in [0.2, 0.25) is 0 Å². The predicted octanol–water partition coefficient (Wildman–Crippen LogP) is 0.345. The van der Waals surface area contributed by atoms with Gasteiger partial charge in [0.05, 0.1) is 19.8 Å². The zero-order chi connectivity index (χ0) is 11.4. The Labute approximate surface area is 120 Å². The highest BCUT2D eigenvalue weighted by Gasteiger charge is 2.20. The SMILES string of the molecule is CN1CCCC1CN=C(N)N1CCOCC1.I. The normalized spacial score (nSPS) is 27.0. The lowest BCUT2D eigenvalue weighted by atomic mass is 10.2. The first-order valence-electron chi connectivity index (χ1n) is 6.10. The van der Waals surface area contributed by atoms with Crippen LogP contribution in [-0.4, -0.2) is 68.2 Å². The highest BCUT2D eigenvalue weighted by atomic mass is 127. The number of halogens is 1. The van der Waals surface area contributed by atoms with E-state index in [1.165, 1.54) is 19.4 Å². The number of ether oxygens (including phenoxy) is 1. The molecule has 0 aliphatic carbocycles. The van der Waals surface area contributed by atoms with Crippen molar-refractivity contribution in [2.24, 2.45) is 10.7 Å². The van der Waals surface area contributed by atoms with Crippen LogP contribution in [0.25, 0.3) is 0 Å². The number of rotatable bonds is 2. The van der Waals surface area contributed by atoms with Gasteiger partial charge < -0.3 is 20.3 Å². The molecule has 2 fully saturated rings. The Morgan fingerprint density at radius 1 is 1.35 bits per heavy atom. The lowest BCUT2D eigenvalue weighted by Gasteiger charge is -2.28. The Balaban J connectivity index is 0.00000144. The molecular formula is C11H23IN4O. The highest BCUT2D eigenvalue weighted by molar-refractivity contribution is 14.0. The molecule has 0 aromatic heterocycles. The van der Waals surface area contributed by atoms with E-state index in [-0.39, 0.29) is 24.0 Å². The summed E-state index contributed by atoms with van der Waals surface area (Å²) in [6.45, 7) is 5.29. The van der Waals surface area contributed by atoms with Gasteiger partial charge in [-0.05, 0) is 26.4 Å². The quantitative estimate of drug-likeness (QED) is 0.442. The van der Waals surface area contributed by atoms with Gasteiger partial charge in [-0.2, -0.15) is 0 Å². The first-order chi connectivity index (χ1) is 7.77. The van der Waals surface area contributed by atoms with Crippen molar-refractivity contribution in [3.63, 3.8) is 0 Å². The molecular weight excluding hydrogens is 331 g/mol. The van der Waals surface area contributed by atoms with Crippen molar-refractivity contribution < 1.29 is 4.74 Å². The standard InChI is InChI=1S/C11H22N4O.HI/c1-14-4-2-3-10(14)9-13-11(12)15-5-7-16-8-6-15;/h10H,2-9H2,1H3,(H2,12,13);1H. The summed E-state index contributed by atoms with van der Waals surface area (Å²) in [6.07, 6.45) is 2.53. The fraction of sp³-hybridized carbons (Fsp3) is 0.909. The summed E-state index contributed by atoms with van der Waals surface area (Å²) in [5.41, 5.74) is 5.97. The van der Waals surface area contributed by atoms with Crippen molar-refractivity contribution in [1.82, 2.24) is 9.80 Å². The maximum Gasteiger partial charge on any atom is 0.191 e. The topological polar surface area (TPSA) is 54.1 Å². The molecule has 1 unspecified atom stereocenters. The van der Waals surface area contributed by atoms with E-state index in [2.05, 4.69) is 21.8 Å². The Hall–Kier alpha value is -0.0800. The zero-order valence-corrected chi connectivity index (χ0v) is 12.8. The van der Waals surface area contributed by atoms with Crippen LogP contribution < -0.4 is 5.73 Å². The second kappa shape index (κ2) is 7.38. The van der Waals surface area contributed by atoms with Gasteiger partial charge in [-0.25, -0.2) is 0 Å². The Kier molecular flexibility index (Phi) is 6.50. The first kappa shape index (κ1) is 15.0. The van der Waals surface area contributed by atoms with Crippen molar-refractivity contribution >= 4 is 29.9 Å². The van der Waals surface area contributed by atoms with Crippen molar-refractivity contribution in [2.75, 3.05) is 46.4 Å². The molecule has 0 aromatic carbocycles. The van der Waals surface area contributed by atoms with E-state index in [4.69, 9.17) is 10.5 Å². The molecule has 0 spiro atoms.